The Bertz CT molecular complexity index is 775. The van der Waals surface area contributed by atoms with Crippen molar-refractivity contribution in [2.75, 3.05) is 0 Å². The molecule has 138 valence electrons. The summed E-state index contributed by atoms with van der Waals surface area (Å²) in [5.41, 5.74) is 0.00442. The Morgan fingerprint density at radius 2 is 1.88 bits per heavy atom. The zero-order valence-electron chi connectivity index (χ0n) is 14.2. The predicted octanol–water partition coefficient (Wildman–Crippen LogP) is 1.85. The van der Waals surface area contributed by atoms with E-state index in [1.165, 1.54) is 19.1 Å². The monoisotopic (exact) mass is 388 g/mol. The van der Waals surface area contributed by atoms with Gasteiger partial charge in [-0.15, -0.1) is 0 Å². The molecule has 0 radical (unpaired) electrons. The summed E-state index contributed by atoms with van der Waals surface area (Å²) >= 11 is 5.97. The van der Waals surface area contributed by atoms with Crippen LogP contribution in [-0.4, -0.2) is 38.5 Å². The lowest BCUT2D eigenvalue weighted by molar-refractivity contribution is -0.129. The Labute approximate surface area is 152 Å². The van der Waals surface area contributed by atoms with Crippen molar-refractivity contribution in [2.24, 2.45) is 0 Å². The first-order chi connectivity index (χ1) is 11.6. The number of esters is 1. The van der Waals surface area contributed by atoms with E-state index in [9.17, 15) is 18.0 Å². The highest BCUT2D eigenvalue weighted by Gasteiger charge is 2.30. The maximum absolute atomic E-state index is 12.3. The van der Waals surface area contributed by atoms with Crippen molar-refractivity contribution in [1.82, 2.24) is 10.0 Å². The van der Waals surface area contributed by atoms with Crippen LogP contribution in [-0.2, 0) is 19.6 Å². The second-order valence-corrected chi connectivity index (χ2v) is 8.34. The normalized spacial score (nSPS) is 15.7. The Morgan fingerprint density at radius 3 is 2.44 bits per heavy atom. The van der Waals surface area contributed by atoms with Crippen molar-refractivity contribution in [2.45, 2.75) is 56.7 Å². The first kappa shape index (κ1) is 19.7. The number of hydrogen-bond acceptors (Lipinski definition) is 5. The molecule has 2 N–H and O–H groups in total. The van der Waals surface area contributed by atoms with Gasteiger partial charge in [0.15, 0.2) is 6.10 Å². The molecule has 1 aliphatic rings. The quantitative estimate of drug-likeness (QED) is 0.694. The summed E-state index contributed by atoms with van der Waals surface area (Å²) < 4.78 is 32.2. The van der Waals surface area contributed by atoms with Crippen LogP contribution in [0.25, 0.3) is 0 Å². The molecule has 7 nitrogen and oxygen atoms in total. The predicted molar refractivity (Wildman–Crippen MR) is 93.0 cm³/mol. The number of nitrogens with one attached hydrogen (secondary N) is 2. The minimum atomic E-state index is -3.81. The molecule has 0 saturated heterocycles. The molecule has 1 aliphatic carbocycles. The standard InChI is InChI=1S/C16H21ClN2O5S/c1-9(2)18-15(20)10(3)24-16(21)11-4-7-13(17)14(8-11)25(22,23)19-12-5-6-12/h4,7-10,12,19H,5-6H2,1-3H3,(H,18,20)/t10-/m0/s1. The number of halogens is 1. The summed E-state index contributed by atoms with van der Waals surface area (Å²) in [7, 11) is -3.81. The fraction of sp³-hybridized carbons (Fsp3) is 0.500. The van der Waals surface area contributed by atoms with Gasteiger partial charge in [0.05, 0.1) is 10.6 Å². The molecule has 1 fully saturated rings. The third-order valence-electron chi connectivity index (χ3n) is 3.44. The van der Waals surface area contributed by atoms with Crippen molar-refractivity contribution in [3.05, 3.63) is 28.8 Å². The number of hydrogen-bond donors (Lipinski definition) is 2. The van der Waals surface area contributed by atoms with E-state index >= 15 is 0 Å². The van der Waals surface area contributed by atoms with E-state index in [0.29, 0.717) is 0 Å². The highest BCUT2D eigenvalue weighted by molar-refractivity contribution is 7.89. The molecule has 0 aliphatic heterocycles. The van der Waals surface area contributed by atoms with Crippen molar-refractivity contribution < 1.29 is 22.7 Å². The number of benzene rings is 1. The first-order valence-corrected chi connectivity index (χ1v) is 9.79. The molecule has 25 heavy (non-hydrogen) atoms. The summed E-state index contributed by atoms with van der Waals surface area (Å²) in [6.07, 6.45) is 0.553. The summed E-state index contributed by atoms with van der Waals surface area (Å²) in [6.45, 7) is 5.02. The number of sulfonamides is 1. The molecule has 2 rings (SSSR count). The molecule has 1 amide bonds. The first-order valence-electron chi connectivity index (χ1n) is 7.93. The van der Waals surface area contributed by atoms with E-state index < -0.39 is 28.0 Å². The Hall–Kier alpha value is -1.64. The van der Waals surface area contributed by atoms with Gasteiger partial charge in [-0.25, -0.2) is 17.9 Å². The third kappa shape index (κ3) is 5.42. The highest BCUT2D eigenvalue weighted by Crippen LogP contribution is 2.27. The zero-order chi connectivity index (χ0) is 18.8. The zero-order valence-corrected chi connectivity index (χ0v) is 15.8. The molecule has 0 unspecified atom stereocenters. The fourth-order valence-corrected chi connectivity index (χ4v) is 3.83. The topological polar surface area (TPSA) is 102 Å². The van der Waals surface area contributed by atoms with Gasteiger partial charge in [-0.2, -0.15) is 0 Å². The summed E-state index contributed by atoms with van der Waals surface area (Å²) in [5, 5.41) is 2.64. The van der Waals surface area contributed by atoms with Gasteiger partial charge >= 0.3 is 5.97 Å². The van der Waals surface area contributed by atoms with Crippen LogP contribution < -0.4 is 10.0 Å². The largest absolute Gasteiger partial charge is 0.449 e. The lowest BCUT2D eigenvalue weighted by Crippen LogP contribution is -2.39. The van der Waals surface area contributed by atoms with E-state index in [1.807, 2.05) is 0 Å². The van der Waals surface area contributed by atoms with Crippen LogP contribution in [0.2, 0.25) is 5.02 Å². The van der Waals surface area contributed by atoms with E-state index in [4.69, 9.17) is 16.3 Å². The van der Waals surface area contributed by atoms with Crippen LogP contribution in [0.4, 0.5) is 0 Å². The van der Waals surface area contributed by atoms with Gasteiger partial charge in [-0.3, -0.25) is 4.79 Å². The average Bonchev–Trinajstić information content (AvgIpc) is 3.29. The van der Waals surface area contributed by atoms with Crippen LogP contribution in [0.5, 0.6) is 0 Å². The minimum Gasteiger partial charge on any atom is -0.449 e. The van der Waals surface area contributed by atoms with Crippen molar-refractivity contribution >= 4 is 33.5 Å². The second-order valence-electron chi connectivity index (χ2n) is 6.25. The number of amides is 1. The summed E-state index contributed by atoms with van der Waals surface area (Å²) in [5.74, 6) is -1.23. The van der Waals surface area contributed by atoms with Crippen LogP contribution in [0.1, 0.15) is 44.0 Å². The van der Waals surface area contributed by atoms with E-state index in [1.54, 1.807) is 13.8 Å². The lowest BCUT2D eigenvalue weighted by atomic mass is 10.2. The maximum Gasteiger partial charge on any atom is 0.338 e. The van der Waals surface area contributed by atoms with Crippen LogP contribution in [0.3, 0.4) is 0 Å². The fourth-order valence-electron chi connectivity index (χ4n) is 2.00. The minimum absolute atomic E-state index is 0.00442. The molecule has 0 aromatic heterocycles. The van der Waals surface area contributed by atoms with E-state index in [-0.39, 0.29) is 27.6 Å². The molecule has 1 atom stereocenters. The Kier molecular flexibility index (Phi) is 6.08. The number of ether oxygens (including phenoxy) is 1. The SMILES string of the molecule is CC(C)NC(=O)[C@H](C)OC(=O)c1ccc(Cl)c(S(=O)(=O)NC2CC2)c1. The van der Waals surface area contributed by atoms with Gasteiger partial charge in [-0.1, -0.05) is 11.6 Å². The Balaban J connectivity index is 2.15. The van der Waals surface area contributed by atoms with Crippen molar-refractivity contribution in [1.29, 1.82) is 0 Å². The molecule has 1 aromatic rings. The number of carbonyl (C=O) groups is 2. The van der Waals surface area contributed by atoms with Gasteiger partial charge < -0.3 is 10.1 Å². The molecule has 9 heteroatoms. The summed E-state index contributed by atoms with van der Waals surface area (Å²) in [6, 6.07) is 3.65. The second kappa shape index (κ2) is 7.72. The molecule has 1 aromatic carbocycles. The van der Waals surface area contributed by atoms with Crippen LogP contribution >= 0.6 is 11.6 Å². The molecule has 0 heterocycles. The Morgan fingerprint density at radius 1 is 1.24 bits per heavy atom. The van der Waals surface area contributed by atoms with Crippen molar-refractivity contribution in [3.63, 3.8) is 0 Å². The molecular formula is C16H21ClN2O5S. The molecule has 1 saturated carbocycles. The van der Waals surface area contributed by atoms with Gasteiger partial charge in [0.25, 0.3) is 5.91 Å². The molecule has 0 bridgehead atoms. The lowest BCUT2D eigenvalue weighted by Gasteiger charge is -2.16. The summed E-state index contributed by atoms with van der Waals surface area (Å²) in [4.78, 5) is 23.8. The third-order valence-corrected chi connectivity index (χ3v) is 5.44. The van der Waals surface area contributed by atoms with Crippen molar-refractivity contribution in [3.8, 4) is 0 Å². The smallest absolute Gasteiger partial charge is 0.338 e. The highest BCUT2D eigenvalue weighted by atomic mass is 35.5. The van der Waals surface area contributed by atoms with Gasteiger partial charge in [0.2, 0.25) is 10.0 Å². The van der Waals surface area contributed by atoms with Crippen LogP contribution in [0.15, 0.2) is 23.1 Å². The maximum atomic E-state index is 12.3. The number of carbonyl (C=O) groups excluding carboxylic acids is 2. The molecular weight excluding hydrogens is 368 g/mol. The van der Waals surface area contributed by atoms with Gasteiger partial charge in [0.1, 0.15) is 4.90 Å². The van der Waals surface area contributed by atoms with Gasteiger partial charge in [0, 0.05) is 12.1 Å². The van der Waals surface area contributed by atoms with E-state index in [2.05, 4.69) is 10.0 Å². The van der Waals surface area contributed by atoms with E-state index in [0.717, 1.165) is 18.9 Å². The molecule has 0 spiro atoms. The van der Waals surface area contributed by atoms with Gasteiger partial charge in [-0.05, 0) is 51.8 Å². The van der Waals surface area contributed by atoms with Crippen LogP contribution in [0, 0.1) is 0 Å². The average molecular weight is 389 g/mol. The number of rotatable bonds is 7.